The van der Waals surface area contributed by atoms with Gasteiger partial charge in [-0.15, -0.1) is 0 Å². The molecule has 0 saturated carbocycles. The Kier molecular flexibility index (Phi) is 5.29. The summed E-state index contributed by atoms with van der Waals surface area (Å²) >= 11 is 0. The van der Waals surface area contributed by atoms with Gasteiger partial charge in [-0.1, -0.05) is 97.1 Å². The van der Waals surface area contributed by atoms with E-state index in [-0.39, 0.29) is 6.17 Å². The van der Waals surface area contributed by atoms with Gasteiger partial charge in [-0.2, -0.15) is 0 Å². The first kappa shape index (κ1) is 21.6. The molecule has 0 bridgehead atoms. The van der Waals surface area contributed by atoms with E-state index < -0.39 is 0 Å². The molecule has 178 valence electrons. The lowest BCUT2D eigenvalue weighted by molar-refractivity contribution is 0.752. The van der Waals surface area contributed by atoms with Crippen molar-refractivity contribution in [2.75, 3.05) is 0 Å². The second-order valence-corrected chi connectivity index (χ2v) is 9.54. The minimum absolute atomic E-state index is 0.310. The van der Waals surface area contributed by atoms with Crippen molar-refractivity contribution in [1.82, 2.24) is 10.3 Å². The first-order chi connectivity index (χ1) is 18.3. The van der Waals surface area contributed by atoms with Gasteiger partial charge in [0, 0.05) is 27.4 Å². The van der Waals surface area contributed by atoms with Gasteiger partial charge in [-0.05, 0) is 53.3 Å². The van der Waals surface area contributed by atoms with Crippen LogP contribution in [0.1, 0.15) is 30.1 Å². The Balaban J connectivity index is 1.29. The molecule has 2 heterocycles. The van der Waals surface area contributed by atoms with Crippen LogP contribution < -0.4 is 5.32 Å². The fourth-order valence-corrected chi connectivity index (χ4v) is 5.22. The van der Waals surface area contributed by atoms with E-state index in [0.717, 1.165) is 52.2 Å². The molecular formula is C33H26N4. The smallest absolute Gasteiger partial charge is 0.169 e. The molecule has 1 aliphatic heterocycles. The molecule has 0 fully saturated rings. The van der Waals surface area contributed by atoms with Gasteiger partial charge in [0.25, 0.3) is 0 Å². The van der Waals surface area contributed by atoms with Crippen LogP contribution in [0.3, 0.4) is 0 Å². The molecule has 0 saturated heterocycles. The van der Waals surface area contributed by atoms with E-state index in [1.165, 1.54) is 21.9 Å². The second-order valence-electron chi connectivity index (χ2n) is 9.54. The zero-order valence-corrected chi connectivity index (χ0v) is 20.4. The second kappa shape index (κ2) is 9.07. The fourth-order valence-electron chi connectivity index (χ4n) is 5.22. The number of hydrogen-bond acceptors (Lipinski definition) is 3. The zero-order chi connectivity index (χ0) is 24.6. The minimum Gasteiger partial charge on any atom is -0.354 e. The number of fused-ring (bicyclic) bond motifs is 3. The predicted molar refractivity (Wildman–Crippen MR) is 154 cm³/mol. The normalized spacial score (nSPS) is 17.3. The van der Waals surface area contributed by atoms with Gasteiger partial charge in [0.1, 0.15) is 11.7 Å². The van der Waals surface area contributed by atoms with Crippen molar-refractivity contribution in [2.45, 2.75) is 19.0 Å². The Bertz CT molecular complexity index is 1750. The molecule has 2 N–H and O–H groups in total. The maximum absolute atomic E-state index is 5.07. The quantitative estimate of drug-likeness (QED) is 0.273. The Morgan fingerprint density at radius 3 is 2.32 bits per heavy atom. The van der Waals surface area contributed by atoms with Crippen molar-refractivity contribution >= 4 is 33.5 Å². The number of H-pyrrole nitrogens is 1. The van der Waals surface area contributed by atoms with Gasteiger partial charge >= 0.3 is 0 Å². The van der Waals surface area contributed by atoms with Crippen molar-refractivity contribution in [1.29, 1.82) is 0 Å². The third kappa shape index (κ3) is 4.07. The molecule has 0 spiro atoms. The van der Waals surface area contributed by atoms with Crippen LogP contribution in [0.4, 0.5) is 0 Å². The molecule has 4 aromatic carbocycles. The third-order valence-corrected chi connectivity index (χ3v) is 7.13. The molecule has 1 unspecified atom stereocenters. The molecule has 1 atom stereocenters. The highest BCUT2D eigenvalue weighted by Gasteiger charge is 2.22. The zero-order valence-electron chi connectivity index (χ0n) is 20.4. The Morgan fingerprint density at radius 2 is 1.43 bits per heavy atom. The molecule has 7 rings (SSSR count). The summed E-state index contributed by atoms with van der Waals surface area (Å²) in [5, 5.41) is 6.01. The average Bonchev–Trinajstić information content (AvgIpc) is 3.36. The van der Waals surface area contributed by atoms with Crippen molar-refractivity contribution in [2.24, 2.45) is 9.98 Å². The van der Waals surface area contributed by atoms with Crippen LogP contribution in [0.2, 0.25) is 0 Å². The third-order valence-electron chi connectivity index (χ3n) is 7.13. The highest BCUT2D eigenvalue weighted by molar-refractivity contribution is 6.16. The topological polar surface area (TPSA) is 52.5 Å². The number of aliphatic imine (C=N–C) groups is 2. The van der Waals surface area contributed by atoms with Gasteiger partial charge < -0.3 is 10.3 Å². The van der Waals surface area contributed by atoms with Crippen LogP contribution in [0.5, 0.6) is 0 Å². The van der Waals surface area contributed by atoms with Gasteiger partial charge in [-0.25, -0.2) is 9.98 Å². The summed E-state index contributed by atoms with van der Waals surface area (Å²) in [4.78, 5) is 13.7. The lowest BCUT2D eigenvalue weighted by Crippen LogP contribution is -2.36. The number of allylic oxidation sites excluding steroid dienone is 3. The Labute approximate surface area is 215 Å². The molecule has 5 aromatic rings. The lowest BCUT2D eigenvalue weighted by atomic mass is 9.99. The first-order valence-electron chi connectivity index (χ1n) is 12.8. The van der Waals surface area contributed by atoms with E-state index in [0.29, 0.717) is 0 Å². The molecule has 1 aliphatic carbocycles. The van der Waals surface area contributed by atoms with Crippen LogP contribution in [-0.2, 0) is 0 Å². The summed E-state index contributed by atoms with van der Waals surface area (Å²) in [5.74, 6) is 1.77. The van der Waals surface area contributed by atoms with Crippen molar-refractivity contribution < 1.29 is 0 Å². The van der Waals surface area contributed by atoms with Gasteiger partial charge in [0.15, 0.2) is 6.17 Å². The number of aromatic amines is 1. The van der Waals surface area contributed by atoms with Crippen molar-refractivity contribution in [3.8, 4) is 11.1 Å². The fraction of sp³-hybridized carbons (Fsp3) is 0.0909. The highest BCUT2D eigenvalue weighted by Crippen LogP contribution is 2.32. The summed E-state index contributed by atoms with van der Waals surface area (Å²) in [6.45, 7) is 0. The first-order valence-corrected chi connectivity index (χ1v) is 12.8. The summed E-state index contributed by atoms with van der Waals surface area (Å²) in [6.07, 6.45) is 8.17. The Morgan fingerprint density at radius 1 is 0.649 bits per heavy atom. The molecule has 1 aromatic heterocycles. The van der Waals surface area contributed by atoms with Crippen LogP contribution in [0.25, 0.3) is 32.9 Å². The summed E-state index contributed by atoms with van der Waals surface area (Å²) < 4.78 is 0. The van der Waals surface area contributed by atoms with Crippen molar-refractivity contribution in [3.63, 3.8) is 0 Å². The number of benzene rings is 4. The molecule has 37 heavy (non-hydrogen) atoms. The number of nitrogens with one attached hydrogen (secondary N) is 2. The van der Waals surface area contributed by atoms with E-state index in [9.17, 15) is 0 Å². The van der Waals surface area contributed by atoms with Crippen LogP contribution >= 0.6 is 0 Å². The van der Waals surface area contributed by atoms with Gasteiger partial charge in [0.05, 0.1) is 0 Å². The monoisotopic (exact) mass is 478 g/mol. The standard InChI is InChI=1S/C33H26N4/c1-3-10-22(11-4-1)31-35-32(23-12-5-2-6-13-23)37-33(36-31)26-15-9-14-24(20-26)25-18-19-28-27-16-7-8-17-29(27)34-30(28)21-25/h1-5,7-12,14-21,33-34H,6,13H2,(H,35,36,37). The van der Waals surface area contributed by atoms with Crippen LogP contribution in [-0.4, -0.2) is 16.7 Å². The average molecular weight is 479 g/mol. The summed E-state index contributed by atoms with van der Waals surface area (Å²) in [6, 6.07) is 34.0. The molecular weight excluding hydrogens is 452 g/mol. The summed E-state index contributed by atoms with van der Waals surface area (Å²) in [7, 11) is 0. The van der Waals surface area contributed by atoms with Gasteiger partial charge in [-0.3, -0.25) is 0 Å². The van der Waals surface area contributed by atoms with E-state index >= 15 is 0 Å². The number of para-hydroxylation sites is 1. The number of hydrogen-bond donors (Lipinski definition) is 2. The van der Waals surface area contributed by atoms with E-state index in [4.69, 9.17) is 9.98 Å². The van der Waals surface area contributed by atoms with Crippen LogP contribution in [0, 0.1) is 0 Å². The summed E-state index contributed by atoms with van der Waals surface area (Å²) in [5.41, 5.74) is 8.00. The molecule has 4 nitrogen and oxygen atoms in total. The maximum atomic E-state index is 5.07. The predicted octanol–water partition coefficient (Wildman–Crippen LogP) is 7.71. The highest BCUT2D eigenvalue weighted by atomic mass is 15.2. The molecule has 2 aliphatic rings. The number of aromatic nitrogens is 1. The Hall–Kier alpha value is -4.70. The maximum Gasteiger partial charge on any atom is 0.169 e. The molecule has 0 radical (unpaired) electrons. The van der Waals surface area contributed by atoms with E-state index in [2.05, 4.69) is 107 Å². The van der Waals surface area contributed by atoms with Crippen LogP contribution in [0.15, 0.2) is 131 Å². The SMILES string of the molecule is C1=CCCC(C2=NC(c3cccc(-c4ccc5c(c4)[nH]c4ccccc45)c3)N=C(c3ccccc3)N2)=C1. The van der Waals surface area contributed by atoms with E-state index in [1.807, 2.05) is 18.2 Å². The van der Waals surface area contributed by atoms with Crippen molar-refractivity contribution in [3.05, 3.63) is 132 Å². The molecule has 0 amide bonds. The van der Waals surface area contributed by atoms with E-state index in [1.54, 1.807) is 0 Å². The largest absolute Gasteiger partial charge is 0.354 e. The number of nitrogens with zero attached hydrogens (tertiary/aromatic N) is 2. The number of amidine groups is 2. The lowest BCUT2D eigenvalue weighted by Gasteiger charge is -2.24. The minimum atomic E-state index is -0.310. The van der Waals surface area contributed by atoms with Gasteiger partial charge in [0.2, 0.25) is 0 Å². The molecule has 4 heteroatoms. The number of rotatable bonds is 4.